The number of nitrogens with one attached hydrogen (secondary N) is 1. The minimum absolute atomic E-state index is 0.451. The third kappa shape index (κ3) is 3.35. The van der Waals surface area contributed by atoms with E-state index in [2.05, 4.69) is 34.9 Å². The van der Waals surface area contributed by atoms with Crippen molar-refractivity contribution >= 4 is 11.8 Å². The summed E-state index contributed by atoms with van der Waals surface area (Å²) in [6, 6.07) is 1.36. The van der Waals surface area contributed by atoms with E-state index in [9.17, 15) is 0 Å². The van der Waals surface area contributed by atoms with Gasteiger partial charge in [0.15, 0.2) is 5.16 Å². The van der Waals surface area contributed by atoms with E-state index < -0.39 is 0 Å². The Bertz CT molecular complexity index is 479. The van der Waals surface area contributed by atoms with Crippen LogP contribution in [-0.2, 0) is 0 Å². The van der Waals surface area contributed by atoms with E-state index in [1.807, 2.05) is 4.90 Å². The molecule has 0 amide bonds. The lowest BCUT2D eigenvalue weighted by Crippen LogP contribution is -3.17. The zero-order valence-electron chi connectivity index (χ0n) is 14.3. The topological polar surface area (TPSA) is 35.2 Å². The van der Waals surface area contributed by atoms with Gasteiger partial charge in [-0.15, -0.1) is 10.2 Å². The first kappa shape index (κ1) is 16.3. The molecule has 0 bridgehead atoms. The summed E-state index contributed by atoms with van der Waals surface area (Å²) < 4.78 is 2.37. The van der Waals surface area contributed by atoms with Crippen molar-refractivity contribution in [1.82, 2.24) is 14.8 Å². The molecule has 2 fully saturated rings. The van der Waals surface area contributed by atoms with E-state index in [-0.39, 0.29) is 0 Å². The normalized spacial score (nSPS) is 27.5. The monoisotopic (exact) mass is 323 g/mol. The number of quaternary nitrogens is 1. The van der Waals surface area contributed by atoms with Crippen molar-refractivity contribution in [2.45, 2.75) is 82.0 Å². The highest BCUT2D eigenvalue weighted by Gasteiger charge is 2.34. The molecule has 4 nitrogen and oxygen atoms in total. The second-order valence-corrected chi connectivity index (χ2v) is 8.07. The first-order chi connectivity index (χ1) is 10.7. The highest BCUT2D eigenvalue weighted by atomic mass is 32.2. The summed E-state index contributed by atoms with van der Waals surface area (Å²) in [6.07, 6.45) is 11.9. The molecule has 1 aliphatic heterocycles. The van der Waals surface area contributed by atoms with Crippen LogP contribution in [0.1, 0.15) is 76.6 Å². The van der Waals surface area contributed by atoms with E-state index >= 15 is 0 Å². The number of nitrogens with zero attached hydrogens (tertiary/aromatic N) is 3. The second-order valence-electron chi connectivity index (χ2n) is 7.30. The van der Waals surface area contributed by atoms with Crippen LogP contribution in [0, 0.1) is 0 Å². The quantitative estimate of drug-likeness (QED) is 0.865. The van der Waals surface area contributed by atoms with Gasteiger partial charge in [-0.25, -0.2) is 0 Å². The average molecular weight is 324 g/mol. The molecule has 2 atom stereocenters. The van der Waals surface area contributed by atoms with Gasteiger partial charge in [0.25, 0.3) is 0 Å². The van der Waals surface area contributed by atoms with Crippen molar-refractivity contribution in [3.63, 3.8) is 0 Å². The molecule has 1 N–H and O–H groups in total. The largest absolute Gasteiger partial charge is 0.332 e. The average Bonchev–Trinajstić information content (AvgIpc) is 3.00. The van der Waals surface area contributed by atoms with Crippen molar-refractivity contribution in [3.05, 3.63) is 5.82 Å². The highest BCUT2D eigenvalue weighted by Crippen LogP contribution is 2.27. The molecule has 1 aromatic rings. The number of likely N-dealkylation sites (tertiary alicyclic amines) is 1. The van der Waals surface area contributed by atoms with E-state index in [0.717, 1.165) is 11.2 Å². The summed E-state index contributed by atoms with van der Waals surface area (Å²) in [5.41, 5.74) is 0. The van der Waals surface area contributed by atoms with Crippen LogP contribution >= 0.6 is 11.8 Å². The fourth-order valence-electron chi connectivity index (χ4n) is 4.39. The zero-order chi connectivity index (χ0) is 15.5. The molecule has 1 aliphatic carbocycles. The number of rotatable bonds is 4. The summed E-state index contributed by atoms with van der Waals surface area (Å²) in [5.74, 6) is 1.84. The number of hydrogen-bond donors (Lipinski definition) is 1. The SMILES string of the molecule is CSc1nnc([C@@H]2CCC[NH+](C3CCCCC3)C2)n1C(C)C. The van der Waals surface area contributed by atoms with E-state index in [1.165, 1.54) is 63.9 Å². The summed E-state index contributed by atoms with van der Waals surface area (Å²) >= 11 is 1.72. The minimum Gasteiger partial charge on any atom is -0.332 e. The third-order valence-corrected chi connectivity index (χ3v) is 6.14. The summed E-state index contributed by atoms with van der Waals surface area (Å²) in [7, 11) is 0. The van der Waals surface area contributed by atoms with Crippen LogP contribution in [0.3, 0.4) is 0 Å². The molecule has 0 aromatic carbocycles. The smallest absolute Gasteiger partial charge is 0.191 e. The summed E-state index contributed by atoms with van der Waals surface area (Å²) in [4.78, 5) is 1.85. The molecule has 2 aliphatic rings. The molecule has 22 heavy (non-hydrogen) atoms. The van der Waals surface area contributed by atoms with Gasteiger partial charge in [0.1, 0.15) is 5.82 Å². The Kier molecular flexibility index (Phi) is 5.45. The molecule has 1 unspecified atom stereocenters. The first-order valence-corrected chi connectivity index (χ1v) is 10.3. The Hall–Kier alpha value is -0.550. The van der Waals surface area contributed by atoms with Gasteiger partial charge in [-0.2, -0.15) is 0 Å². The fourth-order valence-corrected chi connectivity index (χ4v) is 5.01. The molecule has 1 saturated heterocycles. The second kappa shape index (κ2) is 7.35. The van der Waals surface area contributed by atoms with Crippen LogP contribution in [0.15, 0.2) is 5.16 Å². The maximum absolute atomic E-state index is 4.59. The van der Waals surface area contributed by atoms with Gasteiger partial charge in [-0.05, 0) is 58.6 Å². The predicted octanol–water partition coefficient (Wildman–Crippen LogP) is 2.68. The predicted molar refractivity (Wildman–Crippen MR) is 91.7 cm³/mol. The van der Waals surface area contributed by atoms with Crippen molar-refractivity contribution in [3.8, 4) is 0 Å². The van der Waals surface area contributed by atoms with Crippen LogP contribution < -0.4 is 4.90 Å². The van der Waals surface area contributed by atoms with Gasteiger partial charge >= 0.3 is 0 Å². The molecule has 1 aromatic heterocycles. The Morgan fingerprint density at radius 1 is 1.09 bits per heavy atom. The van der Waals surface area contributed by atoms with E-state index in [0.29, 0.717) is 12.0 Å². The lowest BCUT2D eigenvalue weighted by atomic mass is 9.90. The summed E-state index contributed by atoms with van der Waals surface area (Å²) in [5, 5.41) is 10.1. The van der Waals surface area contributed by atoms with Crippen molar-refractivity contribution in [2.24, 2.45) is 0 Å². The minimum atomic E-state index is 0.451. The number of piperidine rings is 1. The molecule has 1 saturated carbocycles. The molecule has 2 heterocycles. The highest BCUT2D eigenvalue weighted by molar-refractivity contribution is 7.98. The maximum atomic E-state index is 4.59. The summed E-state index contributed by atoms with van der Waals surface area (Å²) in [6.45, 7) is 7.14. The molecular formula is C17H31N4S+. The van der Waals surface area contributed by atoms with Gasteiger partial charge in [0.05, 0.1) is 25.0 Å². The fraction of sp³-hybridized carbons (Fsp3) is 0.882. The zero-order valence-corrected chi connectivity index (χ0v) is 15.2. The van der Waals surface area contributed by atoms with Crippen LogP contribution in [0.25, 0.3) is 0 Å². The molecule has 0 radical (unpaired) electrons. The van der Waals surface area contributed by atoms with Gasteiger partial charge < -0.3 is 9.47 Å². The molecule has 124 valence electrons. The standard InChI is InChI=1S/C17H30N4S/c1-13(2)21-16(18-19-17(21)22-3)14-8-7-11-20(12-14)15-9-5-4-6-10-15/h13-15H,4-12H2,1-3H3/p+1/t14-/m1/s1. The van der Waals surface area contributed by atoms with E-state index in [1.54, 1.807) is 11.8 Å². The molecule has 5 heteroatoms. The van der Waals surface area contributed by atoms with Crippen LogP contribution in [0.2, 0.25) is 0 Å². The number of hydrogen-bond acceptors (Lipinski definition) is 3. The van der Waals surface area contributed by atoms with Crippen LogP contribution in [0.4, 0.5) is 0 Å². The van der Waals surface area contributed by atoms with E-state index in [4.69, 9.17) is 0 Å². The first-order valence-electron chi connectivity index (χ1n) is 9.04. The Labute approximate surface area is 139 Å². The Morgan fingerprint density at radius 2 is 1.86 bits per heavy atom. The lowest BCUT2D eigenvalue weighted by molar-refractivity contribution is -0.932. The van der Waals surface area contributed by atoms with Crippen molar-refractivity contribution in [2.75, 3.05) is 19.3 Å². The van der Waals surface area contributed by atoms with Gasteiger partial charge in [-0.1, -0.05) is 18.2 Å². The van der Waals surface area contributed by atoms with Crippen LogP contribution in [-0.4, -0.2) is 40.2 Å². The maximum Gasteiger partial charge on any atom is 0.191 e. The molecule has 0 spiro atoms. The van der Waals surface area contributed by atoms with Crippen molar-refractivity contribution in [1.29, 1.82) is 0 Å². The lowest BCUT2D eigenvalue weighted by Gasteiger charge is -2.37. The van der Waals surface area contributed by atoms with Crippen molar-refractivity contribution < 1.29 is 4.90 Å². The number of thioether (sulfide) groups is 1. The number of aromatic nitrogens is 3. The van der Waals surface area contributed by atoms with Gasteiger partial charge in [0, 0.05) is 6.04 Å². The molecular weight excluding hydrogens is 292 g/mol. The Balaban J connectivity index is 1.75. The van der Waals surface area contributed by atoms with Gasteiger partial charge in [-0.3, -0.25) is 0 Å². The third-order valence-electron chi connectivity index (χ3n) is 5.50. The molecule has 3 rings (SSSR count). The van der Waals surface area contributed by atoms with Gasteiger partial charge in [0.2, 0.25) is 0 Å². The van der Waals surface area contributed by atoms with Crippen LogP contribution in [0.5, 0.6) is 0 Å². The Morgan fingerprint density at radius 3 is 2.55 bits per heavy atom.